The normalized spacial score (nSPS) is 22.2. The first-order chi connectivity index (χ1) is 8.78. The molecule has 0 bridgehead atoms. The SMILES string of the molecule is CC1CS(=O)(=O)CCN1C(=O)c1cc(O)cc(O)c1. The third-order valence-electron chi connectivity index (χ3n) is 3.08. The van der Waals surface area contributed by atoms with Crippen LogP contribution in [0, 0.1) is 0 Å². The van der Waals surface area contributed by atoms with Gasteiger partial charge in [0.2, 0.25) is 0 Å². The molecule has 104 valence electrons. The molecule has 19 heavy (non-hydrogen) atoms. The van der Waals surface area contributed by atoms with E-state index in [9.17, 15) is 23.4 Å². The van der Waals surface area contributed by atoms with Gasteiger partial charge in [-0.25, -0.2) is 8.42 Å². The largest absolute Gasteiger partial charge is 0.508 e. The van der Waals surface area contributed by atoms with Crippen LogP contribution < -0.4 is 0 Å². The number of rotatable bonds is 1. The highest BCUT2D eigenvalue weighted by molar-refractivity contribution is 7.91. The van der Waals surface area contributed by atoms with Gasteiger partial charge in [0, 0.05) is 24.2 Å². The van der Waals surface area contributed by atoms with Gasteiger partial charge in [-0.2, -0.15) is 0 Å². The summed E-state index contributed by atoms with van der Waals surface area (Å²) in [6, 6.07) is 3.20. The zero-order valence-corrected chi connectivity index (χ0v) is 11.2. The maximum atomic E-state index is 12.2. The van der Waals surface area contributed by atoms with Crippen LogP contribution in [0.15, 0.2) is 18.2 Å². The predicted molar refractivity (Wildman–Crippen MR) is 68.9 cm³/mol. The summed E-state index contributed by atoms with van der Waals surface area (Å²) in [6.07, 6.45) is 0. The van der Waals surface area contributed by atoms with E-state index in [0.29, 0.717) is 0 Å². The Labute approximate surface area is 111 Å². The molecule has 1 amide bonds. The summed E-state index contributed by atoms with van der Waals surface area (Å²) in [5.41, 5.74) is 0.142. The summed E-state index contributed by atoms with van der Waals surface area (Å²) in [5.74, 6) is -0.938. The number of sulfone groups is 1. The minimum absolute atomic E-state index is 0.0616. The summed E-state index contributed by atoms with van der Waals surface area (Å²) < 4.78 is 22.9. The molecule has 0 aliphatic carbocycles. The molecule has 1 aliphatic heterocycles. The minimum Gasteiger partial charge on any atom is -0.508 e. The maximum Gasteiger partial charge on any atom is 0.254 e. The van der Waals surface area contributed by atoms with E-state index in [-0.39, 0.29) is 35.1 Å². The number of hydrogen-bond acceptors (Lipinski definition) is 5. The molecular weight excluding hydrogens is 270 g/mol. The molecule has 1 heterocycles. The zero-order chi connectivity index (χ0) is 14.2. The molecule has 1 saturated heterocycles. The average molecular weight is 285 g/mol. The number of benzene rings is 1. The van der Waals surface area contributed by atoms with Crippen molar-refractivity contribution in [3.05, 3.63) is 23.8 Å². The van der Waals surface area contributed by atoms with E-state index in [0.717, 1.165) is 6.07 Å². The molecule has 1 unspecified atom stereocenters. The first-order valence-corrected chi connectivity index (χ1v) is 7.65. The first-order valence-electron chi connectivity index (χ1n) is 5.83. The van der Waals surface area contributed by atoms with E-state index in [1.165, 1.54) is 17.0 Å². The third kappa shape index (κ3) is 2.98. The summed E-state index contributed by atoms with van der Waals surface area (Å²) in [7, 11) is -3.09. The van der Waals surface area contributed by atoms with Gasteiger partial charge in [0.05, 0.1) is 11.5 Å². The van der Waals surface area contributed by atoms with Crippen LogP contribution in [-0.2, 0) is 9.84 Å². The molecule has 1 fully saturated rings. The number of aromatic hydroxyl groups is 2. The number of amides is 1. The number of nitrogens with zero attached hydrogens (tertiary/aromatic N) is 1. The second-order valence-electron chi connectivity index (χ2n) is 4.70. The highest BCUT2D eigenvalue weighted by atomic mass is 32.2. The topological polar surface area (TPSA) is 94.9 Å². The van der Waals surface area contributed by atoms with Crippen LogP contribution in [0.1, 0.15) is 17.3 Å². The molecule has 6 nitrogen and oxygen atoms in total. The van der Waals surface area contributed by atoms with Crippen molar-refractivity contribution in [3.8, 4) is 11.5 Å². The highest BCUT2D eigenvalue weighted by Gasteiger charge is 2.31. The van der Waals surface area contributed by atoms with Gasteiger partial charge < -0.3 is 15.1 Å². The van der Waals surface area contributed by atoms with E-state index in [1.807, 2.05) is 0 Å². The van der Waals surface area contributed by atoms with Gasteiger partial charge in [-0.15, -0.1) is 0 Å². The molecule has 1 atom stereocenters. The molecule has 2 N–H and O–H groups in total. The van der Waals surface area contributed by atoms with Gasteiger partial charge in [-0.3, -0.25) is 4.79 Å². The van der Waals surface area contributed by atoms with Crippen LogP contribution >= 0.6 is 0 Å². The number of phenols is 2. The maximum absolute atomic E-state index is 12.2. The lowest BCUT2D eigenvalue weighted by Gasteiger charge is -2.33. The van der Waals surface area contributed by atoms with Crippen molar-refractivity contribution in [2.24, 2.45) is 0 Å². The molecule has 0 spiro atoms. The molecule has 1 aromatic carbocycles. The van der Waals surface area contributed by atoms with Gasteiger partial charge in [-0.05, 0) is 19.1 Å². The number of hydrogen-bond donors (Lipinski definition) is 2. The molecule has 1 aromatic rings. The average Bonchev–Trinajstić information content (AvgIpc) is 2.25. The smallest absolute Gasteiger partial charge is 0.254 e. The van der Waals surface area contributed by atoms with Gasteiger partial charge in [-0.1, -0.05) is 0 Å². The summed E-state index contributed by atoms with van der Waals surface area (Å²) in [4.78, 5) is 13.7. The molecular formula is C12H15NO5S. The first kappa shape index (κ1) is 13.7. The van der Waals surface area contributed by atoms with Crippen molar-refractivity contribution in [1.29, 1.82) is 0 Å². The summed E-state index contributed by atoms with van der Waals surface area (Å²) in [5, 5.41) is 18.7. The van der Waals surface area contributed by atoms with E-state index >= 15 is 0 Å². The lowest BCUT2D eigenvalue weighted by molar-refractivity contribution is 0.0711. The quantitative estimate of drug-likeness (QED) is 0.776. The molecule has 2 rings (SSSR count). The van der Waals surface area contributed by atoms with Gasteiger partial charge in [0.25, 0.3) is 5.91 Å². The van der Waals surface area contributed by atoms with Crippen molar-refractivity contribution in [1.82, 2.24) is 4.90 Å². The van der Waals surface area contributed by atoms with Gasteiger partial charge in [0.1, 0.15) is 11.5 Å². The molecule has 0 aromatic heterocycles. The molecule has 0 saturated carbocycles. The number of phenolic OH excluding ortho intramolecular Hbond substituents is 2. The second kappa shape index (κ2) is 4.73. The highest BCUT2D eigenvalue weighted by Crippen LogP contribution is 2.23. The van der Waals surface area contributed by atoms with Crippen LogP contribution in [0.3, 0.4) is 0 Å². The summed E-state index contributed by atoms with van der Waals surface area (Å²) in [6.45, 7) is 1.79. The Balaban J connectivity index is 2.25. The van der Waals surface area contributed by atoms with E-state index in [1.54, 1.807) is 6.92 Å². The minimum atomic E-state index is -3.09. The Hall–Kier alpha value is -1.76. The van der Waals surface area contributed by atoms with Crippen molar-refractivity contribution in [3.63, 3.8) is 0 Å². The lowest BCUT2D eigenvalue weighted by Crippen LogP contribution is -2.49. The monoisotopic (exact) mass is 285 g/mol. The van der Waals surface area contributed by atoms with Crippen LogP contribution in [-0.4, -0.2) is 53.5 Å². The molecule has 7 heteroatoms. The fourth-order valence-electron chi connectivity index (χ4n) is 2.18. The Kier molecular flexibility index (Phi) is 3.40. The van der Waals surface area contributed by atoms with Crippen LogP contribution in [0.4, 0.5) is 0 Å². The van der Waals surface area contributed by atoms with Crippen LogP contribution in [0.2, 0.25) is 0 Å². The van der Waals surface area contributed by atoms with Gasteiger partial charge >= 0.3 is 0 Å². The Morgan fingerprint density at radius 3 is 2.37 bits per heavy atom. The van der Waals surface area contributed by atoms with Crippen molar-refractivity contribution >= 4 is 15.7 Å². The fraction of sp³-hybridized carbons (Fsp3) is 0.417. The van der Waals surface area contributed by atoms with Crippen molar-refractivity contribution in [2.45, 2.75) is 13.0 Å². The Bertz CT molecular complexity index is 590. The number of carbonyl (C=O) groups excluding carboxylic acids is 1. The van der Waals surface area contributed by atoms with E-state index in [2.05, 4.69) is 0 Å². The number of carbonyl (C=O) groups is 1. The van der Waals surface area contributed by atoms with Crippen LogP contribution in [0.25, 0.3) is 0 Å². The Morgan fingerprint density at radius 1 is 1.26 bits per heavy atom. The fourth-order valence-corrected chi connectivity index (χ4v) is 3.74. The molecule has 1 aliphatic rings. The molecule has 0 radical (unpaired) electrons. The third-order valence-corrected chi connectivity index (χ3v) is 4.88. The standard InChI is InChI=1S/C12H15NO5S/c1-8-7-19(17,18)3-2-13(8)12(16)9-4-10(14)6-11(15)5-9/h4-6,8,14-15H,2-3,7H2,1H3. The predicted octanol–water partition coefficient (Wildman–Crippen LogP) is 0.357. The van der Waals surface area contributed by atoms with Gasteiger partial charge in [0.15, 0.2) is 9.84 Å². The van der Waals surface area contributed by atoms with E-state index in [4.69, 9.17) is 0 Å². The van der Waals surface area contributed by atoms with Crippen molar-refractivity contribution < 1.29 is 23.4 Å². The van der Waals surface area contributed by atoms with Crippen LogP contribution in [0.5, 0.6) is 11.5 Å². The lowest BCUT2D eigenvalue weighted by atomic mass is 10.1. The zero-order valence-electron chi connectivity index (χ0n) is 10.4. The Morgan fingerprint density at radius 2 is 1.84 bits per heavy atom. The second-order valence-corrected chi connectivity index (χ2v) is 6.93. The summed E-state index contributed by atoms with van der Waals surface area (Å²) >= 11 is 0. The van der Waals surface area contributed by atoms with E-state index < -0.39 is 21.8 Å². The van der Waals surface area contributed by atoms with Crippen molar-refractivity contribution in [2.75, 3.05) is 18.1 Å².